The quantitative estimate of drug-likeness (QED) is 0.529. The molecular weight excluding hydrogens is 395 g/mol. The Morgan fingerprint density at radius 1 is 1.06 bits per heavy atom. The van der Waals surface area contributed by atoms with Crippen LogP contribution in [-0.4, -0.2) is 39.0 Å². The predicted octanol–water partition coefficient (Wildman–Crippen LogP) is 4.52. The summed E-state index contributed by atoms with van der Waals surface area (Å²) in [7, 11) is 0. The normalized spacial score (nSPS) is 18.3. The van der Waals surface area contributed by atoms with Gasteiger partial charge in [-0.2, -0.15) is 0 Å². The molecule has 0 amide bonds. The number of rotatable bonds is 3. The van der Waals surface area contributed by atoms with Crippen LogP contribution in [-0.2, 0) is 0 Å². The van der Waals surface area contributed by atoms with E-state index in [9.17, 15) is 9.18 Å². The van der Waals surface area contributed by atoms with Gasteiger partial charge in [-0.25, -0.2) is 14.4 Å². The first-order valence-corrected chi connectivity index (χ1v) is 10.9. The second-order valence-electron chi connectivity index (χ2n) is 8.76. The number of piperidine rings is 1. The van der Waals surface area contributed by atoms with Crippen LogP contribution in [0.4, 0.5) is 4.39 Å². The van der Waals surface area contributed by atoms with Gasteiger partial charge < -0.3 is 14.3 Å². The fourth-order valence-electron chi connectivity index (χ4n) is 4.77. The number of nitrogens with one attached hydrogen (secondary N) is 1. The zero-order valence-electron chi connectivity index (χ0n) is 17.3. The summed E-state index contributed by atoms with van der Waals surface area (Å²) in [4.78, 5) is 27.3. The van der Waals surface area contributed by atoms with Crippen LogP contribution in [0.3, 0.4) is 0 Å². The maximum Gasteiger partial charge on any atom is 0.258 e. The number of nitrogens with zero attached hydrogens (tertiary/aromatic N) is 3. The first-order chi connectivity index (χ1) is 15.0. The average molecular weight is 418 g/mol. The van der Waals surface area contributed by atoms with Crippen LogP contribution >= 0.6 is 0 Å². The van der Waals surface area contributed by atoms with Crippen LogP contribution < -0.4 is 5.56 Å². The first kappa shape index (κ1) is 18.7. The van der Waals surface area contributed by atoms with E-state index >= 15 is 0 Å². The molecule has 0 radical (unpaired) electrons. The molecule has 1 aliphatic carbocycles. The van der Waals surface area contributed by atoms with Gasteiger partial charge in [0, 0.05) is 18.9 Å². The topological polar surface area (TPSA) is 75.0 Å². The van der Waals surface area contributed by atoms with Crippen LogP contribution in [0.2, 0.25) is 0 Å². The van der Waals surface area contributed by atoms with Crippen molar-refractivity contribution in [2.75, 3.05) is 13.1 Å². The summed E-state index contributed by atoms with van der Waals surface area (Å²) in [5, 5.41) is 0.505. The lowest BCUT2D eigenvalue weighted by atomic mass is 9.95. The number of aromatic nitrogens is 3. The molecule has 0 spiro atoms. The minimum absolute atomic E-state index is 0.150. The van der Waals surface area contributed by atoms with Gasteiger partial charge in [0.05, 0.1) is 10.9 Å². The monoisotopic (exact) mass is 418 g/mol. The lowest BCUT2D eigenvalue weighted by molar-refractivity contribution is 0.200. The van der Waals surface area contributed by atoms with Crippen molar-refractivity contribution in [1.82, 2.24) is 19.9 Å². The Morgan fingerprint density at radius 3 is 2.65 bits per heavy atom. The maximum absolute atomic E-state index is 14.5. The molecule has 2 aromatic heterocycles. The second kappa shape index (κ2) is 6.99. The number of hydrogen-bond donors (Lipinski definition) is 1. The number of likely N-dealkylation sites (tertiary alicyclic amines) is 1. The molecule has 1 saturated heterocycles. The summed E-state index contributed by atoms with van der Waals surface area (Å²) in [5.74, 6) is 1.05. The smallest absolute Gasteiger partial charge is 0.258 e. The summed E-state index contributed by atoms with van der Waals surface area (Å²) in [5.41, 5.74) is 2.51. The van der Waals surface area contributed by atoms with Crippen molar-refractivity contribution < 1.29 is 8.81 Å². The highest BCUT2D eigenvalue weighted by atomic mass is 19.1. The van der Waals surface area contributed by atoms with Crippen LogP contribution in [0.25, 0.3) is 33.1 Å². The number of fused-ring (bicyclic) bond motifs is 2. The van der Waals surface area contributed by atoms with E-state index < -0.39 is 5.82 Å². The minimum Gasteiger partial charge on any atom is -0.441 e. The molecule has 2 aromatic carbocycles. The summed E-state index contributed by atoms with van der Waals surface area (Å²) in [6, 6.07) is 9.45. The van der Waals surface area contributed by atoms with Crippen LogP contribution in [0.15, 0.2) is 39.5 Å². The van der Waals surface area contributed by atoms with E-state index in [2.05, 4.69) is 14.9 Å². The zero-order chi connectivity index (χ0) is 21.1. The van der Waals surface area contributed by atoms with Crippen molar-refractivity contribution in [2.24, 2.45) is 0 Å². The predicted molar refractivity (Wildman–Crippen MR) is 117 cm³/mol. The fourth-order valence-corrected chi connectivity index (χ4v) is 4.77. The lowest BCUT2D eigenvalue weighted by Crippen LogP contribution is -2.35. The second-order valence-corrected chi connectivity index (χ2v) is 8.76. The molecule has 6 rings (SSSR count). The van der Waals surface area contributed by atoms with Crippen molar-refractivity contribution >= 4 is 22.0 Å². The van der Waals surface area contributed by atoms with E-state index in [1.54, 1.807) is 19.1 Å². The first-order valence-electron chi connectivity index (χ1n) is 10.9. The summed E-state index contributed by atoms with van der Waals surface area (Å²) in [6.07, 6.45) is 4.70. The highest BCUT2D eigenvalue weighted by Crippen LogP contribution is 2.34. The highest BCUT2D eigenvalue weighted by Gasteiger charge is 2.32. The van der Waals surface area contributed by atoms with Gasteiger partial charge in [0.1, 0.15) is 11.3 Å². The number of aryl methyl sites for hydroxylation is 1. The summed E-state index contributed by atoms with van der Waals surface area (Å²) in [6.45, 7) is 3.84. The highest BCUT2D eigenvalue weighted by molar-refractivity contribution is 5.87. The van der Waals surface area contributed by atoms with E-state index in [1.807, 2.05) is 12.1 Å². The molecule has 4 aromatic rings. The Balaban J connectivity index is 1.34. The van der Waals surface area contributed by atoms with Gasteiger partial charge >= 0.3 is 0 Å². The molecule has 1 saturated carbocycles. The van der Waals surface area contributed by atoms with Gasteiger partial charge in [0.2, 0.25) is 0 Å². The molecular formula is C24H23FN4O2. The van der Waals surface area contributed by atoms with Crippen molar-refractivity contribution in [3.63, 3.8) is 0 Å². The molecule has 1 aliphatic heterocycles. The molecule has 1 N–H and O–H groups in total. The number of halogens is 1. The van der Waals surface area contributed by atoms with Gasteiger partial charge in [-0.3, -0.25) is 4.79 Å². The molecule has 2 aliphatic rings. The largest absolute Gasteiger partial charge is 0.441 e. The van der Waals surface area contributed by atoms with Gasteiger partial charge in [-0.1, -0.05) is 6.07 Å². The number of aromatic amines is 1. The van der Waals surface area contributed by atoms with Crippen LogP contribution in [0, 0.1) is 12.7 Å². The van der Waals surface area contributed by atoms with Crippen molar-refractivity contribution in [3.8, 4) is 11.1 Å². The van der Waals surface area contributed by atoms with Gasteiger partial charge in [-0.05, 0) is 74.2 Å². The molecule has 158 valence electrons. The van der Waals surface area contributed by atoms with E-state index in [0.29, 0.717) is 27.9 Å². The molecule has 0 atom stereocenters. The fraction of sp³-hybridized carbons (Fsp3) is 0.375. The maximum atomic E-state index is 14.5. The third-order valence-corrected chi connectivity index (χ3v) is 6.59. The van der Waals surface area contributed by atoms with Gasteiger partial charge in [0.15, 0.2) is 17.3 Å². The van der Waals surface area contributed by atoms with Gasteiger partial charge in [-0.15, -0.1) is 0 Å². The third kappa shape index (κ3) is 3.33. The lowest BCUT2D eigenvalue weighted by Gasteiger charge is -2.31. The SMILES string of the molecule is Cc1nc2c(F)cc(-c3ccc4nc(C5CCN(C6CC6)CC5)[nH]c(=O)c4c3)cc2o1. The number of hydrogen-bond acceptors (Lipinski definition) is 5. The van der Waals surface area contributed by atoms with Crippen molar-refractivity contribution in [2.45, 2.75) is 44.6 Å². The van der Waals surface area contributed by atoms with Crippen molar-refractivity contribution in [1.29, 1.82) is 0 Å². The molecule has 2 fully saturated rings. The minimum atomic E-state index is -0.440. The number of oxazole rings is 1. The summed E-state index contributed by atoms with van der Waals surface area (Å²) < 4.78 is 20.0. The van der Waals surface area contributed by atoms with Crippen LogP contribution in [0.1, 0.15) is 43.3 Å². The number of H-pyrrole nitrogens is 1. The molecule has 0 bridgehead atoms. The van der Waals surface area contributed by atoms with E-state index in [0.717, 1.165) is 43.4 Å². The molecule has 0 unspecified atom stereocenters. The van der Waals surface area contributed by atoms with Crippen LogP contribution in [0.5, 0.6) is 0 Å². The third-order valence-electron chi connectivity index (χ3n) is 6.59. The Morgan fingerprint density at radius 2 is 1.87 bits per heavy atom. The Bertz CT molecular complexity index is 1360. The summed E-state index contributed by atoms with van der Waals surface area (Å²) >= 11 is 0. The molecule has 7 heteroatoms. The molecule has 31 heavy (non-hydrogen) atoms. The van der Waals surface area contributed by atoms with E-state index in [-0.39, 0.29) is 17.0 Å². The Hall–Kier alpha value is -3.06. The van der Waals surface area contributed by atoms with E-state index in [1.165, 1.54) is 18.9 Å². The Labute approximate surface area is 178 Å². The Kier molecular flexibility index (Phi) is 4.21. The van der Waals surface area contributed by atoms with E-state index in [4.69, 9.17) is 9.40 Å². The molecule has 3 heterocycles. The van der Waals surface area contributed by atoms with Gasteiger partial charge in [0.25, 0.3) is 5.56 Å². The zero-order valence-corrected chi connectivity index (χ0v) is 17.3. The molecule has 6 nitrogen and oxygen atoms in total. The number of benzene rings is 2. The standard InChI is InChI=1S/C24H23FN4O2/c1-13-26-22-19(25)11-16(12-21(22)31-13)15-2-5-20-18(10-15)24(30)28-23(27-20)14-6-8-29(9-7-14)17-3-4-17/h2,5,10-12,14,17H,3-4,6-9H2,1H3,(H,27,28,30). The average Bonchev–Trinajstić information content (AvgIpc) is 3.55. The van der Waals surface area contributed by atoms with Crippen molar-refractivity contribution in [3.05, 3.63) is 58.2 Å².